The lowest BCUT2D eigenvalue weighted by Crippen LogP contribution is -2.34. The molecule has 1 unspecified atom stereocenters. The summed E-state index contributed by atoms with van der Waals surface area (Å²) in [6.45, 7) is -0.0694. The third kappa shape index (κ3) is 3.11. The minimum Gasteiger partial charge on any atom is -0.483 e. The maximum atomic E-state index is 12.4. The van der Waals surface area contributed by atoms with E-state index in [2.05, 4.69) is 12.1 Å². The third-order valence-electron chi connectivity index (χ3n) is 4.36. The first-order valence-electron chi connectivity index (χ1n) is 7.71. The zero-order valence-electron chi connectivity index (χ0n) is 13.1. The number of carbonyl (C=O) groups excluding carboxylic acids is 2. The summed E-state index contributed by atoms with van der Waals surface area (Å²) >= 11 is 0. The van der Waals surface area contributed by atoms with Crippen molar-refractivity contribution in [3.05, 3.63) is 65.2 Å². The lowest BCUT2D eigenvalue weighted by Gasteiger charge is -2.25. The van der Waals surface area contributed by atoms with Crippen LogP contribution in [0.5, 0.6) is 5.75 Å². The van der Waals surface area contributed by atoms with Gasteiger partial charge in [0.1, 0.15) is 5.75 Å². The fourth-order valence-electron chi connectivity index (χ4n) is 3.06. The average molecular weight is 309 g/mol. The lowest BCUT2D eigenvalue weighted by molar-refractivity contribution is -0.134. The van der Waals surface area contributed by atoms with E-state index in [4.69, 9.17) is 4.74 Å². The van der Waals surface area contributed by atoms with E-state index in [0.29, 0.717) is 11.3 Å². The Balaban J connectivity index is 1.66. The number of hydrogen-bond donors (Lipinski definition) is 0. The molecular weight excluding hydrogens is 290 g/mol. The predicted molar refractivity (Wildman–Crippen MR) is 87.6 cm³/mol. The van der Waals surface area contributed by atoms with Crippen molar-refractivity contribution in [1.82, 2.24) is 4.90 Å². The minimum absolute atomic E-state index is 0.0694. The van der Waals surface area contributed by atoms with Crippen molar-refractivity contribution in [1.29, 1.82) is 0 Å². The highest BCUT2D eigenvalue weighted by molar-refractivity contribution is 5.81. The van der Waals surface area contributed by atoms with Crippen LogP contribution in [0.25, 0.3) is 0 Å². The van der Waals surface area contributed by atoms with Gasteiger partial charge in [-0.25, -0.2) is 0 Å². The molecule has 2 aromatic carbocycles. The van der Waals surface area contributed by atoms with E-state index < -0.39 is 0 Å². The second-order valence-corrected chi connectivity index (χ2v) is 5.70. The monoisotopic (exact) mass is 309 g/mol. The number of aldehydes is 1. The van der Waals surface area contributed by atoms with Crippen molar-refractivity contribution in [3.63, 3.8) is 0 Å². The van der Waals surface area contributed by atoms with Crippen molar-refractivity contribution in [3.8, 4) is 5.75 Å². The molecule has 0 saturated heterocycles. The second kappa shape index (κ2) is 6.65. The van der Waals surface area contributed by atoms with Crippen LogP contribution in [0, 0.1) is 0 Å². The molecule has 4 heteroatoms. The van der Waals surface area contributed by atoms with E-state index in [0.717, 1.165) is 19.1 Å². The van der Waals surface area contributed by atoms with Crippen LogP contribution in [0.4, 0.5) is 0 Å². The van der Waals surface area contributed by atoms with Gasteiger partial charge in [0.15, 0.2) is 12.9 Å². The predicted octanol–water partition coefficient (Wildman–Crippen LogP) is 3.02. The summed E-state index contributed by atoms with van der Waals surface area (Å²) in [5, 5.41) is 0. The van der Waals surface area contributed by atoms with Gasteiger partial charge in [-0.15, -0.1) is 0 Å². The normalized spacial score (nSPS) is 15.8. The molecule has 0 N–H and O–H groups in total. The molecule has 1 aliphatic carbocycles. The molecule has 0 saturated carbocycles. The Morgan fingerprint density at radius 2 is 1.96 bits per heavy atom. The summed E-state index contributed by atoms with van der Waals surface area (Å²) in [6.07, 6.45) is 2.66. The molecule has 23 heavy (non-hydrogen) atoms. The van der Waals surface area contributed by atoms with E-state index in [-0.39, 0.29) is 18.6 Å². The Labute approximate surface area is 135 Å². The molecule has 4 nitrogen and oxygen atoms in total. The zero-order chi connectivity index (χ0) is 16.2. The van der Waals surface area contributed by atoms with Crippen molar-refractivity contribution < 1.29 is 14.3 Å². The van der Waals surface area contributed by atoms with Crippen molar-refractivity contribution >= 4 is 12.2 Å². The number of aryl methyl sites for hydroxylation is 1. The summed E-state index contributed by atoms with van der Waals surface area (Å²) in [5.74, 6) is 0.350. The molecule has 1 amide bonds. The number of amides is 1. The molecule has 0 aliphatic heterocycles. The van der Waals surface area contributed by atoms with Crippen LogP contribution in [0.15, 0.2) is 48.5 Å². The third-order valence-corrected chi connectivity index (χ3v) is 4.36. The topological polar surface area (TPSA) is 46.6 Å². The minimum atomic E-state index is -0.0904. The summed E-state index contributed by atoms with van der Waals surface area (Å²) < 4.78 is 5.54. The molecule has 1 aliphatic rings. The van der Waals surface area contributed by atoms with Gasteiger partial charge >= 0.3 is 0 Å². The van der Waals surface area contributed by atoms with Crippen LogP contribution in [-0.4, -0.2) is 30.7 Å². The fourth-order valence-corrected chi connectivity index (χ4v) is 3.06. The number of nitrogens with zero attached hydrogens (tertiary/aromatic N) is 1. The van der Waals surface area contributed by atoms with Gasteiger partial charge in [-0.3, -0.25) is 9.59 Å². The molecule has 0 aromatic heterocycles. The Bertz CT molecular complexity index is 726. The first-order chi connectivity index (χ1) is 11.2. The van der Waals surface area contributed by atoms with Crippen LogP contribution in [-0.2, 0) is 11.2 Å². The van der Waals surface area contributed by atoms with Gasteiger partial charge in [-0.05, 0) is 36.1 Å². The van der Waals surface area contributed by atoms with Gasteiger partial charge in [-0.2, -0.15) is 0 Å². The van der Waals surface area contributed by atoms with Gasteiger partial charge in [0.25, 0.3) is 5.91 Å². The maximum Gasteiger partial charge on any atom is 0.260 e. The Hall–Kier alpha value is -2.62. The van der Waals surface area contributed by atoms with E-state index in [9.17, 15) is 9.59 Å². The Morgan fingerprint density at radius 1 is 1.22 bits per heavy atom. The molecular formula is C19H19NO3. The SMILES string of the molecule is CN(C(=O)COc1ccccc1C=O)C1CCc2ccccc21. The molecule has 0 radical (unpaired) electrons. The quantitative estimate of drug-likeness (QED) is 0.798. The molecule has 3 rings (SSSR count). The highest BCUT2D eigenvalue weighted by Gasteiger charge is 2.28. The van der Waals surface area contributed by atoms with Gasteiger partial charge in [0, 0.05) is 7.05 Å². The zero-order valence-corrected chi connectivity index (χ0v) is 13.1. The average Bonchev–Trinajstić information content (AvgIpc) is 3.03. The largest absolute Gasteiger partial charge is 0.483 e. The number of likely N-dealkylation sites (N-methyl/N-ethyl adjacent to an activating group) is 1. The summed E-state index contributed by atoms with van der Waals surface area (Å²) in [5.41, 5.74) is 2.98. The molecule has 0 bridgehead atoms. The Kier molecular flexibility index (Phi) is 4.42. The first kappa shape index (κ1) is 15.3. The standard InChI is InChI=1S/C19H19NO3/c1-20(17-11-10-14-6-2-4-8-16(14)17)19(22)13-23-18-9-5-3-7-15(18)12-21/h2-9,12,17H,10-11,13H2,1H3. The molecule has 118 valence electrons. The number of hydrogen-bond acceptors (Lipinski definition) is 3. The summed E-state index contributed by atoms with van der Waals surface area (Å²) in [4.78, 5) is 25.1. The Morgan fingerprint density at radius 3 is 2.78 bits per heavy atom. The highest BCUT2D eigenvalue weighted by Crippen LogP contribution is 2.34. The van der Waals surface area contributed by atoms with E-state index in [1.165, 1.54) is 11.1 Å². The number of ether oxygens (including phenoxy) is 1. The second-order valence-electron chi connectivity index (χ2n) is 5.70. The van der Waals surface area contributed by atoms with Gasteiger partial charge in [0.2, 0.25) is 0 Å². The number of benzene rings is 2. The first-order valence-corrected chi connectivity index (χ1v) is 7.71. The van der Waals surface area contributed by atoms with Crippen LogP contribution in [0.3, 0.4) is 0 Å². The van der Waals surface area contributed by atoms with E-state index >= 15 is 0 Å². The van der Waals surface area contributed by atoms with E-state index in [1.54, 1.807) is 29.2 Å². The molecule has 2 aromatic rings. The van der Waals surface area contributed by atoms with Crippen molar-refractivity contribution in [2.24, 2.45) is 0 Å². The van der Waals surface area contributed by atoms with Gasteiger partial charge < -0.3 is 9.64 Å². The van der Waals surface area contributed by atoms with Crippen molar-refractivity contribution in [2.45, 2.75) is 18.9 Å². The molecule has 0 spiro atoms. The van der Waals surface area contributed by atoms with Crippen LogP contribution < -0.4 is 4.74 Å². The van der Waals surface area contributed by atoms with Gasteiger partial charge in [-0.1, -0.05) is 36.4 Å². The summed E-state index contributed by atoms with van der Waals surface area (Å²) in [6, 6.07) is 15.2. The molecule has 0 heterocycles. The highest BCUT2D eigenvalue weighted by atomic mass is 16.5. The number of rotatable bonds is 5. The maximum absolute atomic E-state index is 12.4. The van der Waals surface area contributed by atoms with Crippen LogP contribution >= 0.6 is 0 Å². The van der Waals surface area contributed by atoms with Crippen LogP contribution in [0.1, 0.15) is 33.9 Å². The molecule has 1 atom stereocenters. The van der Waals surface area contributed by atoms with Crippen molar-refractivity contribution in [2.75, 3.05) is 13.7 Å². The number of carbonyl (C=O) groups is 2. The number of fused-ring (bicyclic) bond motifs is 1. The number of para-hydroxylation sites is 1. The lowest BCUT2D eigenvalue weighted by atomic mass is 10.1. The summed E-state index contributed by atoms with van der Waals surface area (Å²) in [7, 11) is 1.81. The van der Waals surface area contributed by atoms with Crippen LogP contribution in [0.2, 0.25) is 0 Å². The smallest absolute Gasteiger partial charge is 0.260 e. The van der Waals surface area contributed by atoms with E-state index in [1.807, 2.05) is 19.2 Å². The fraction of sp³-hybridized carbons (Fsp3) is 0.263. The molecule has 0 fully saturated rings. The van der Waals surface area contributed by atoms with Gasteiger partial charge in [0.05, 0.1) is 11.6 Å².